The summed E-state index contributed by atoms with van der Waals surface area (Å²) in [4.78, 5) is 8.56. The summed E-state index contributed by atoms with van der Waals surface area (Å²) in [6.07, 6.45) is 15.0. The smallest absolute Gasteiger partial charge is 0.307 e. The third-order valence-corrected chi connectivity index (χ3v) is 8.45. The van der Waals surface area contributed by atoms with Crippen LogP contribution in [0.2, 0.25) is 0 Å². The van der Waals surface area contributed by atoms with E-state index in [-0.39, 0.29) is 0 Å². The Kier molecular flexibility index (Phi) is 5.74. The summed E-state index contributed by atoms with van der Waals surface area (Å²) in [5.41, 5.74) is 13.7. The minimum Gasteiger partial charge on any atom is -0.380 e. The van der Waals surface area contributed by atoms with Crippen LogP contribution in [0.25, 0.3) is 11.2 Å². The highest BCUT2D eigenvalue weighted by atomic mass is 15.2. The third-order valence-electron chi connectivity index (χ3n) is 8.45. The number of hydrogen-bond donors (Lipinski definition) is 1. The molecular formula is C26H40N5+. The molecule has 2 heterocycles. The lowest BCUT2D eigenvalue weighted by Gasteiger charge is -2.50. The van der Waals surface area contributed by atoms with Gasteiger partial charge < -0.3 is 5.73 Å². The van der Waals surface area contributed by atoms with Crippen molar-refractivity contribution < 1.29 is 4.57 Å². The van der Waals surface area contributed by atoms with Crippen molar-refractivity contribution in [3.63, 3.8) is 0 Å². The molecule has 31 heavy (non-hydrogen) atoms. The van der Waals surface area contributed by atoms with Crippen molar-refractivity contribution >= 4 is 17.0 Å². The van der Waals surface area contributed by atoms with Crippen molar-refractivity contribution in [2.75, 3.05) is 5.73 Å². The SMILES string of the molecule is CC(=CCn1c[n+](C)c2ncnc(N)c21)CC[C@]1(C)C2=C(CC[C@H]1C)C(C)(C)CCC2. The van der Waals surface area contributed by atoms with Crippen LogP contribution in [0.15, 0.2) is 35.4 Å². The first-order valence-electron chi connectivity index (χ1n) is 12.0. The van der Waals surface area contributed by atoms with E-state index in [9.17, 15) is 0 Å². The summed E-state index contributed by atoms with van der Waals surface area (Å²) in [6, 6.07) is 0. The number of nitrogens with zero attached hydrogens (tertiary/aromatic N) is 4. The van der Waals surface area contributed by atoms with Crippen molar-refractivity contribution in [3.05, 3.63) is 35.4 Å². The van der Waals surface area contributed by atoms with Gasteiger partial charge >= 0.3 is 5.65 Å². The largest absolute Gasteiger partial charge is 0.380 e. The van der Waals surface area contributed by atoms with E-state index in [1.54, 1.807) is 5.57 Å². The van der Waals surface area contributed by atoms with Crippen molar-refractivity contribution in [3.8, 4) is 0 Å². The van der Waals surface area contributed by atoms with Gasteiger partial charge in [0.25, 0.3) is 0 Å². The van der Waals surface area contributed by atoms with Gasteiger partial charge in [0.2, 0.25) is 5.52 Å². The molecule has 2 aromatic heterocycles. The maximum absolute atomic E-state index is 6.14. The lowest BCUT2D eigenvalue weighted by atomic mass is 9.55. The number of nitrogens with two attached hydrogens (primary N) is 1. The van der Waals surface area contributed by atoms with Crippen LogP contribution in [0.4, 0.5) is 5.82 Å². The predicted octanol–water partition coefficient (Wildman–Crippen LogP) is 5.51. The first-order chi connectivity index (χ1) is 14.6. The summed E-state index contributed by atoms with van der Waals surface area (Å²) in [6.45, 7) is 13.1. The predicted molar refractivity (Wildman–Crippen MR) is 127 cm³/mol. The van der Waals surface area contributed by atoms with Gasteiger partial charge in [-0.05, 0) is 68.6 Å². The van der Waals surface area contributed by atoms with Gasteiger partial charge in [-0.25, -0.2) is 4.57 Å². The maximum Gasteiger partial charge on any atom is 0.307 e. The molecule has 2 aliphatic carbocycles. The summed E-state index contributed by atoms with van der Waals surface area (Å²) < 4.78 is 4.17. The molecule has 0 saturated heterocycles. The van der Waals surface area contributed by atoms with Crippen LogP contribution in [0, 0.1) is 16.7 Å². The van der Waals surface area contributed by atoms with E-state index in [0.717, 1.165) is 30.0 Å². The van der Waals surface area contributed by atoms with Crippen molar-refractivity contribution in [2.45, 2.75) is 86.1 Å². The Morgan fingerprint density at radius 1 is 1.26 bits per heavy atom. The fraction of sp³-hybridized carbons (Fsp3) is 0.654. The molecule has 0 unspecified atom stereocenters. The van der Waals surface area contributed by atoms with Crippen LogP contribution in [0.3, 0.4) is 0 Å². The van der Waals surface area contributed by atoms with E-state index < -0.39 is 0 Å². The Morgan fingerprint density at radius 2 is 2.03 bits per heavy atom. The normalized spacial score (nSPS) is 26.4. The number of nitrogen functional groups attached to an aromatic ring is 1. The van der Waals surface area contributed by atoms with Gasteiger partial charge in [-0.15, -0.1) is 0 Å². The van der Waals surface area contributed by atoms with E-state index in [1.807, 2.05) is 17.2 Å². The minimum atomic E-state index is 0.339. The van der Waals surface area contributed by atoms with E-state index >= 15 is 0 Å². The molecule has 0 fully saturated rings. The quantitative estimate of drug-likeness (QED) is 0.511. The average Bonchev–Trinajstić information content (AvgIpc) is 3.05. The fourth-order valence-electron chi connectivity index (χ4n) is 6.10. The molecule has 0 bridgehead atoms. The Bertz CT molecular complexity index is 1040. The molecule has 5 heteroatoms. The van der Waals surface area contributed by atoms with Gasteiger partial charge in [-0.3, -0.25) is 4.57 Å². The first kappa shape index (κ1) is 22.0. The lowest BCUT2D eigenvalue weighted by Crippen LogP contribution is -2.37. The summed E-state index contributed by atoms with van der Waals surface area (Å²) in [5, 5.41) is 0. The molecule has 0 spiro atoms. The summed E-state index contributed by atoms with van der Waals surface area (Å²) >= 11 is 0. The number of rotatable bonds is 5. The van der Waals surface area contributed by atoms with Crippen LogP contribution in [-0.4, -0.2) is 14.5 Å². The van der Waals surface area contributed by atoms with Crippen LogP contribution >= 0.6 is 0 Å². The fourth-order valence-corrected chi connectivity index (χ4v) is 6.10. The monoisotopic (exact) mass is 422 g/mol. The van der Waals surface area contributed by atoms with Crippen molar-refractivity contribution in [2.24, 2.45) is 23.8 Å². The number of aromatic nitrogens is 4. The number of allylic oxidation sites excluding steroid dienone is 4. The molecule has 4 rings (SSSR count). The number of fused-ring (bicyclic) bond motifs is 1. The van der Waals surface area contributed by atoms with Gasteiger partial charge in [0.1, 0.15) is 0 Å². The Labute approximate surface area is 187 Å². The summed E-state index contributed by atoms with van der Waals surface area (Å²) in [5.74, 6) is 1.30. The van der Waals surface area contributed by atoms with Crippen LogP contribution < -0.4 is 10.3 Å². The van der Waals surface area contributed by atoms with Gasteiger partial charge in [0.05, 0.1) is 13.6 Å². The zero-order valence-electron chi connectivity index (χ0n) is 20.3. The molecule has 2 aliphatic rings. The second kappa shape index (κ2) is 8.07. The van der Waals surface area contributed by atoms with Crippen LogP contribution in [0.1, 0.15) is 79.6 Å². The molecular weight excluding hydrogens is 382 g/mol. The number of aryl methyl sites for hydroxylation is 1. The molecule has 0 amide bonds. The molecule has 0 aromatic carbocycles. The maximum atomic E-state index is 6.14. The first-order valence-corrected chi connectivity index (χ1v) is 12.0. The van der Waals surface area contributed by atoms with Gasteiger partial charge in [0, 0.05) is 0 Å². The Balaban J connectivity index is 1.52. The van der Waals surface area contributed by atoms with Crippen LogP contribution in [0.5, 0.6) is 0 Å². The van der Waals surface area contributed by atoms with Crippen molar-refractivity contribution in [1.82, 2.24) is 14.5 Å². The standard InChI is InChI=1S/C26H40N5/c1-18(12-15-31-17-30(6)24-22(31)23(27)28-16-29-24)11-14-26(5)19(2)9-10-20-21(26)8-7-13-25(20,3)4/h12,16-17,19H,7-11,13-15H2,1-6H3,(H2,27,28,29)/q+1/t19-,26+/m1/s1. The van der Waals surface area contributed by atoms with E-state index in [4.69, 9.17) is 5.73 Å². The van der Waals surface area contributed by atoms with Gasteiger partial charge in [-0.1, -0.05) is 55.5 Å². The topological polar surface area (TPSA) is 60.6 Å². The molecule has 2 atom stereocenters. The molecule has 0 saturated carbocycles. The van der Waals surface area contributed by atoms with Crippen LogP contribution in [-0.2, 0) is 13.6 Å². The van der Waals surface area contributed by atoms with Gasteiger partial charge in [0.15, 0.2) is 18.5 Å². The lowest BCUT2D eigenvalue weighted by molar-refractivity contribution is -0.647. The molecule has 2 aromatic rings. The highest BCUT2D eigenvalue weighted by Crippen LogP contribution is 2.56. The molecule has 0 aliphatic heterocycles. The van der Waals surface area contributed by atoms with E-state index in [2.05, 4.69) is 61.6 Å². The highest BCUT2D eigenvalue weighted by molar-refractivity contribution is 5.79. The molecule has 2 N–H and O–H groups in total. The molecule has 5 nitrogen and oxygen atoms in total. The van der Waals surface area contributed by atoms with Gasteiger partial charge in [-0.2, -0.15) is 4.98 Å². The molecule has 0 radical (unpaired) electrons. The number of anilines is 1. The average molecular weight is 423 g/mol. The second-order valence-corrected chi connectivity index (χ2v) is 10.9. The minimum absolute atomic E-state index is 0.339. The number of imidazole rings is 1. The third kappa shape index (κ3) is 3.92. The zero-order valence-corrected chi connectivity index (χ0v) is 20.3. The molecule has 168 valence electrons. The van der Waals surface area contributed by atoms with E-state index in [0.29, 0.717) is 16.6 Å². The highest BCUT2D eigenvalue weighted by Gasteiger charge is 2.43. The number of hydrogen-bond acceptors (Lipinski definition) is 3. The Hall–Kier alpha value is -2.17. The zero-order chi connectivity index (χ0) is 22.4. The Morgan fingerprint density at radius 3 is 2.81 bits per heavy atom. The summed E-state index contributed by atoms with van der Waals surface area (Å²) in [7, 11) is 2.00. The second-order valence-electron chi connectivity index (χ2n) is 10.9. The van der Waals surface area contributed by atoms with E-state index in [1.165, 1.54) is 50.4 Å². The van der Waals surface area contributed by atoms with Crippen molar-refractivity contribution in [1.29, 1.82) is 0 Å².